The van der Waals surface area contributed by atoms with Crippen molar-refractivity contribution in [2.45, 2.75) is 84.3 Å². The smallest absolute Gasteiger partial charge is 0.326 e. The van der Waals surface area contributed by atoms with Crippen LogP contribution in [0.4, 0.5) is 4.79 Å². The van der Waals surface area contributed by atoms with Crippen molar-refractivity contribution in [2.24, 2.45) is 22.7 Å². The Hall–Kier alpha value is -1.88. The minimum atomic E-state index is -3.57. The van der Waals surface area contributed by atoms with Crippen LogP contribution in [0.3, 0.4) is 0 Å². The van der Waals surface area contributed by atoms with E-state index in [0.29, 0.717) is 19.4 Å². The molecule has 3 fully saturated rings. The van der Waals surface area contributed by atoms with Gasteiger partial charge in [-0.3, -0.25) is 4.79 Å². The lowest BCUT2D eigenvalue weighted by Gasteiger charge is -2.40. The van der Waals surface area contributed by atoms with Gasteiger partial charge in [0.2, 0.25) is 15.9 Å². The number of amides is 3. The summed E-state index contributed by atoms with van der Waals surface area (Å²) in [6.45, 7) is 9.86. The number of nitrogens with zero attached hydrogens (tertiary/aromatic N) is 2. The molecule has 3 rings (SSSR count). The highest BCUT2D eigenvalue weighted by atomic mass is 32.2. The zero-order valence-corrected chi connectivity index (χ0v) is 22.9. The highest BCUT2D eigenvalue weighted by Gasteiger charge is 2.70. The molecule has 0 aromatic heterocycles. The first-order chi connectivity index (χ1) is 15.9. The number of sulfonamides is 1. The molecule has 200 valence electrons. The first-order valence-corrected chi connectivity index (χ1v) is 14.1. The molecule has 0 bridgehead atoms. The number of aliphatic carboxylic acids is 1. The Morgan fingerprint density at radius 2 is 1.69 bits per heavy atom. The fourth-order valence-corrected chi connectivity index (χ4v) is 7.35. The van der Waals surface area contributed by atoms with Crippen molar-refractivity contribution in [1.29, 1.82) is 0 Å². The molecule has 0 aromatic carbocycles. The second-order valence-electron chi connectivity index (χ2n) is 12.5. The minimum absolute atomic E-state index is 0.0971. The van der Waals surface area contributed by atoms with Crippen molar-refractivity contribution in [3.8, 4) is 0 Å². The number of carboxylic acid groups (broad SMARTS) is 1. The van der Waals surface area contributed by atoms with Gasteiger partial charge < -0.3 is 20.6 Å². The Morgan fingerprint density at radius 1 is 1.11 bits per heavy atom. The molecule has 1 saturated heterocycles. The van der Waals surface area contributed by atoms with E-state index in [9.17, 15) is 27.9 Å². The fraction of sp³-hybridized carbons (Fsp3) is 0.875. The standard InChI is InChI=1S/C24H42N4O6S/c1-22(2,3)18(19(29)28-13-15-16(23(15,4)5)17(28)20(30)31)25-21(32)26-24(11-9-8-10-12-24)14-35(33,34)27(6)7/h15-18H,8-14H2,1-7H3,(H,30,31)(H2,25,26,32)/t15-,16-,17-,18+/m0/s1. The molecule has 3 N–H and O–H groups in total. The molecule has 1 heterocycles. The molecule has 10 nitrogen and oxygen atoms in total. The van der Waals surface area contributed by atoms with Crippen LogP contribution in [0.25, 0.3) is 0 Å². The highest BCUT2D eigenvalue weighted by molar-refractivity contribution is 7.89. The van der Waals surface area contributed by atoms with E-state index in [4.69, 9.17) is 0 Å². The summed E-state index contributed by atoms with van der Waals surface area (Å²) in [5.41, 5.74) is -1.72. The second-order valence-corrected chi connectivity index (χ2v) is 14.7. The van der Waals surface area contributed by atoms with Crippen molar-refractivity contribution in [1.82, 2.24) is 19.8 Å². The van der Waals surface area contributed by atoms with E-state index in [-0.39, 0.29) is 23.0 Å². The van der Waals surface area contributed by atoms with Gasteiger partial charge in [0.1, 0.15) is 12.1 Å². The van der Waals surface area contributed by atoms with E-state index < -0.39 is 51.0 Å². The first kappa shape index (κ1) is 27.7. The third-order valence-corrected chi connectivity index (χ3v) is 10.4. The number of carbonyl (C=O) groups excluding carboxylic acids is 2. The van der Waals surface area contributed by atoms with Gasteiger partial charge in [0, 0.05) is 26.6 Å². The van der Waals surface area contributed by atoms with Gasteiger partial charge in [0.05, 0.1) is 11.3 Å². The van der Waals surface area contributed by atoms with Gasteiger partial charge in [-0.25, -0.2) is 22.3 Å². The second kappa shape index (κ2) is 9.21. The maximum absolute atomic E-state index is 13.6. The lowest BCUT2D eigenvalue weighted by molar-refractivity contribution is -0.152. The van der Waals surface area contributed by atoms with E-state index in [2.05, 4.69) is 10.6 Å². The Morgan fingerprint density at radius 3 is 2.17 bits per heavy atom. The SMILES string of the molecule is CN(C)S(=O)(=O)CC1(NC(=O)N[C@H](C(=O)N2C[C@H]3[C@@H]([C@H]2C(=O)O)C3(C)C)C(C)(C)C)CCCCC1. The number of hydrogen-bond donors (Lipinski definition) is 3. The van der Waals surface area contributed by atoms with Crippen molar-refractivity contribution in [2.75, 3.05) is 26.4 Å². The van der Waals surface area contributed by atoms with Crippen LogP contribution in [-0.2, 0) is 19.6 Å². The van der Waals surface area contributed by atoms with Gasteiger partial charge in [0.15, 0.2) is 0 Å². The number of likely N-dealkylation sites (tertiary alicyclic amines) is 1. The van der Waals surface area contributed by atoms with Crippen molar-refractivity contribution < 1.29 is 27.9 Å². The molecule has 35 heavy (non-hydrogen) atoms. The molecular formula is C24H42N4O6S. The molecule has 2 saturated carbocycles. The fourth-order valence-electron chi connectivity index (χ4n) is 6.03. The third-order valence-electron chi connectivity index (χ3n) is 8.34. The van der Waals surface area contributed by atoms with Crippen LogP contribution in [-0.4, -0.2) is 84.7 Å². The van der Waals surface area contributed by atoms with E-state index in [1.165, 1.54) is 19.0 Å². The monoisotopic (exact) mass is 514 g/mol. The van der Waals surface area contributed by atoms with Crippen LogP contribution < -0.4 is 10.6 Å². The molecule has 0 aromatic rings. The summed E-state index contributed by atoms with van der Waals surface area (Å²) in [7, 11) is -0.621. The Kier molecular flexibility index (Phi) is 7.29. The molecule has 11 heteroatoms. The van der Waals surface area contributed by atoms with E-state index in [1.807, 2.05) is 34.6 Å². The summed E-state index contributed by atoms with van der Waals surface area (Å²) in [6.07, 6.45) is 3.65. The number of carboxylic acids is 1. The predicted molar refractivity (Wildman–Crippen MR) is 132 cm³/mol. The maximum atomic E-state index is 13.6. The topological polar surface area (TPSA) is 136 Å². The Bertz CT molecular complexity index is 965. The zero-order chi connectivity index (χ0) is 26.6. The van der Waals surface area contributed by atoms with Gasteiger partial charge in [0.25, 0.3) is 0 Å². The average Bonchev–Trinajstić information content (AvgIpc) is 3.06. The molecule has 3 amide bonds. The Balaban J connectivity index is 1.79. The summed E-state index contributed by atoms with van der Waals surface area (Å²) in [6, 6.07) is -2.48. The van der Waals surface area contributed by atoms with Crippen LogP contribution in [0.2, 0.25) is 0 Å². The summed E-state index contributed by atoms with van der Waals surface area (Å²) in [5, 5.41) is 15.6. The maximum Gasteiger partial charge on any atom is 0.326 e. The number of rotatable bonds is 7. The molecular weight excluding hydrogens is 472 g/mol. The summed E-state index contributed by atoms with van der Waals surface area (Å²) in [4.78, 5) is 40.3. The lowest BCUT2D eigenvalue weighted by Crippen LogP contribution is -2.63. The lowest BCUT2D eigenvalue weighted by atomic mass is 9.83. The van der Waals surface area contributed by atoms with Gasteiger partial charge in [-0.05, 0) is 29.6 Å². The summed E-state index contributed by atoms with van der Waals surface area (Å²) < 4.78 is 26.5. The number of fused-ring (bicyclic) bond motifs is 1. The number of nitrogens with one attached hydrogen (secondary N) is 2. The third kappa shape index (κ3) is 5.45. The van der Waals surface area contributed by atoms with Crippen LogP contribution in [0, 0.1) is 22.7 Å². The van der Waals surface area contributed by atoms with Crippen molar-refractivity contribution in [3.05, 3.63) is 0 Å². The number of urea groups is 1. The summed E-state index contributed by atoms with van der Waals surface area (Å²) in [5.74, 6) is -1.62. The van der Waals surface area contributed by atoms with Crippen LogP contribution >= 0.6 is 0 Å². The van der Waals surface area contributed by atoms with Crippen LogP contribution in [0.5, 0.6) is 0 Å². The van der Waals surface area contributed by atoms with Crippen molar-refractivity contribution in [3.63, 3.8) is 0 Å². The van der Waals surface area contributed by atoms with Crippen LogP contribution in [0.1, 0.15) is 66.7 Å². The summed E-state index contributed by atoms with van der Waals surface area (Å²) >= 11 is 0. The minimum Gasteiger partial charge on any atom is -0.480 e. The first-order valence-electron chi connectivity index (χ1n) is 12.5. The molecule has 0 spiro atoms. The largest absolute Gasteiger partial charge is 0.480 e. The molecule has 0 radical (unpaired) electrons. The molecule has 0 unspecified atom stereocenters. The van der Waals surface area contributed by atoms with E-state index in [1.54, 1.807) is 0 Å². The molecule has 3 aliphatic rings. The number of piperidine rings is 1. The van der Waals surface area contributed by atoms with Gasteiger partial charge in [-0.2, -0.15) is 0 Å². The van der Waals surface area contributed by atoms with Gasteiger partial charge in [-0.15, -0.1) is 0 Å². The quantitative estimate of drug-likeness (QED) is 0.474. The molecule has 4 atom stereocenters. The average molecular weight is 515 g/mol. The van der Waals surface area contributed by atoms with E-state index >= 15 is 0 Å². The normalized spacial score (nSPS) is 28.2. The van der Waals surface area contributed by atoms with E-state index in [0.717, 1.165) is 23.6 Å². The van der Waals surface area contributed by atoms with Gasteiger partial charge in [-0.1, -0.05) is 53.9 Å². The highest BCUT2D eigenvalue weighted by Crippen LogP contribution is 2.65. The zero-order valence-electron chi connectivity index (χ0n) is 22.1. The van der Waals surface area contributed by atoms with Gasteiger partial charge >= 0.3 is 12.0 Å². The van der Waals surface area contributed by atoms with Crippen LogP contribution in [0.15, 0.2) is 0 Å². The number of carbonyl (C=O) groups is 3. The Labute approximate surface area is 209 Å². The predicted octanol–water partition coefficient (Wildman–Crippen LogP) is 1.86. The van der Waals surface area contributed by atoms with Crippen molar-refractivity contribution >= 4 is 27.9 Å². The molecule has 1 aliphatic heterocycles. The molecule has 2 aliphatic carbocycles. The number of hydrogen-bond acceptors (Lipinski definition) is 5.